The highest BCUT2D eigenvalue weighted by molar-refractivity contribution is 6.39. The summed E-state index contributed by atoms with van der Waals surface area (Å²) >= 11 is 12.7. The van der Waals surface area contributed by atoms with Crippen LogP contribution >= 0.6 is 23.2 Å². The van der Waals surface area contributed by atoms with E-state index in [1.165, 1.54) is 24.3 Å². The molecule has 3 aromatic heterocycles. The fourth-order valence-corrected chi connectivity index (χ4v) is 3.59. The summed E-state index contributed by atoms with van der Waals surface area (Å²) in [7, 11) is 3.12. The fourth-order valence-electron chi connectivity index (χ4n) is 3.02. The third-order valence-corrected chi connectivity index (χ3v) is 4.85. The zero-order valence-electron chi connectivity index (χ0n) is 15.2. The second-order valence-electron chi connectivity index (χ2n) is 6.04. The quantitative estimate of drug-likeness (QED) is 0.528. The van der Waals surface area contributed by atoms with Gasteiger partial charge in [-0.2, -0.15) is 4.80 Å². The van der Waals surface area contributed by atoms with Crippen LogP contribution in [0.3, 0.4) is 0 Å². The third kappa shape index (κ3) is 3.24. The SMILES string of the molecule is COc1ccc(-c2c(Cl)cncc2Cl)c2cc(C(N)=O)c(-c3nnn(C)n3)nc12. The highest BCUT2D eigenvalue weighted by atomic mass is 35.5. The first-order valence-electron chi connectivity index (χ1n) is 8.26. The standard InChI is InChI=1S/C18H13Cl2N7O2/c1-27-25-18(24-26-27)16-10(17(21)28)5-9-8(3-4-13(29-2)15(9)23-16)14-11(19)6-22-7-12(14)20/h3-7H,1-2H3,(H2,21,28). The Morgan fingerprint density at radius 2 is 1.93 bits per heavy atom. The number of amides is 1. The molecule has 29 heavy (non-hydrogen) atoms. The van der Waals surface area contributed by atoms with Crippen molar-refractivity contribution in [2.45, 2.75) is 0 Å². The Balaban J connectivity index is 2.12. The Hall–Kier alpha value is -3.30. The number of carbonyl (C=O) groups excluding carboxylic acids is 1. The Kier molecular flexibility index (Phi) is 4.77. The molecule has 3 heterocycles. The number of rotatable bonds is 4. The van der Waals surface area contributed by atoms with E-state index in [0.717, 1.165) is 0 Å². The molecule has 0 fully saturated rings. The van der Waals surface area contributed by atoms with Crippen molar-refractivity contribution in [3.63, 3.8) is 0 Å². The summed E-state index contributed by atoms with van der Waals surface area (Å²) in [6, 6.07) is 5.11. The van der Waals surface area contributed by atoms with Gasteiger partial charge >= 0.3 is 0 Å². The number of nitrogens with zero attached hydrogens (tertiary/aromatic N) is 6. The molecule has 4 aromatic rings. The van der Waals surface area contributed by atoms with Crippen LogP contribution in [0.1, 0.15) is 10.4 Å². The van der Waals surface area contributed by atoms with Gasteiger partial charge in [0.1, 0.15) is 17.0 Å². The van der Waals surface area contributed by atoms with Crippen molar-refractivity contribution < 1.29 is 9.53 Å². The molecule has 0 atom stereocenters. The number of pyridine rings is 2. The number of tetrazole rings is 1. The molecular formula is C18H13Cl2N7O2. The van der Waals surface area contributed by atoms with Gasteiger partial charge in [0.2, 0.25) is 5.82 Å². The lowest BCUT2D eigenvalue weighted by Crippen LogP contribution is -2.14. The van der Waals surface area contributed by atoms with E-state index >= 15 is 0 Å². The van der Waals surface area contributed by atoms with Crippen molar-refractivity contribution in [1.82, 2.24) is 30.2 Å². The molecule has 0 spiro atoms. The molecule has 11 heteroatoms. The second kappa shape index (κ2) is 7.26. The number of halogens is 2. The number of nitrogens with two attached hydrogens (primary N) is 1. The van der Waals surface area contributed by atoms with Gasteiger partial charge in [0.15, 0.2) is 0 Å². The molecule has 0 aliphatic carbocycles. The maximum atomic E-state index is 12.2. The number of aromatic nitrogens is 6. The number of methoxy groups -OCH3 is 1. The van der Waals surface area contributed by atoms with Crippen molar-refractivity contribution in [2.75, 3.05) is 7.11 Å². The second-order valence-corrected chi connectivity index (χ2v) is 6.86. The van der Waals surface area contributed by atoms with Crippen molar-refractivity contribution >= 4 is 40.0 Å². The zero-order chi connectivity index (χ0) is 20.7. The third-order valence-electron chi connectivity index (χ3n) is 4.28. The largest absolute Gasteiger partial charge is 0.494 e. The number of benzene rings is 1. The van der Waals surface area contributed by atoms with Gasteiger partial charge in [-0.05, 0) is 29.0 Å². The van der Waals surface area contributed by atoms with Crippen LogP contribution in [-0.4, -0.2) is 43.2 Å². The van der Waals surface area contributed by atoms with Crippen LogP contribution in [0.4, 0.5) is 0 Å². The number of ether oxygens (including phenoxy) is 1. The number of aryl methyl sites for hydroxylation is 1. The number of carbonyl (C=O) groups is 1. The summed E-state index contributed by atoms with van der Waals surface area (Å²) in [6.07, 6.45) is 2.97. The Morgan fingerprint density at radius 3 is 2.52 bits per heavy atom. The molecule has 146 valence electrons. The summed E-state index contributed by atoms with van der Waals surface area (Å²) < 4.78 is 5.46. The van der Waals surface area contributed by atoms with Gasteiger partial charge in [-0.1, -0.05) is 23.2 Å². The fraction of sp³-hybridized carbons (Fsp3) is 0.111. The predicted octanol–water partition coefficient (Wildman–Crippen LogP) is 2.90. The Morgan fingerprint density at radius 1 is 1.21 bits per heavy atom. The maximum absolute atomic E-state index is 12.2. The molecule has 0 radical (unpaired) electrons. The number of fused-ring (bicyclic) bond motifs is 1. The highest BCUT2D eigenvalue weighted by Gasteiger charge is 2.22. The summed E-state index contributed by atoms with van der Waals surface area (Å²) in [5.74, 6) is -0.0515. The minimum Gasteiger partial charge on any atom is -0.494 e. The maximum Gasteiger partial charge on any atom is 0.251 e. The Bertz CT molecular complexity index is 1250. The average molecular weight is 430 g/mol. The summed E-state index contributed by atoms with van der Waals surface area (Å²) in [5, 5.41) is 13.1. The highest BCUT2D eigenvalue weighted by Crippen LogP contribution is 2.41. The van der Waals surface area contributed by atoms with Crippen molar-refractivity contribution in [1.29, 1.82) is 0 Å². The van der Waals surface area contributed by atoms with Gasteiger partial charge in [-0.15, -0.1) is 10.2 Å². The van der Waals surface area contributed by atoms with E-state index in [0.29, 0.717) is 37.8 Å². The van der Waals surface area contributed by atoms with Crippen molar-refractivity contribution in [3.05, 3.63) is 46.2 Å². The molecular weight excluding hydrogens is 417 g/mol. The molecule has 1 amide bonds. The van der Waals surface area contributed by atoms with Crippen LogP contribution in [-0.2, 0) is 7.05 Å². The molecule has 0 aliphatic heterocycles. The van der Waals surface area contributed by atoms with Gasteiger partial charge in [-0.3, -0.25) is 9.78 Å². The van der Waals surface area contributed by atoms with Gasteiger partial charge in [0.25, 0.3) is 5.91 Å². The van der Waals surface area contributed by atoms with Crippen LogP contribution in [0, 0.1) is 0 Å². The van der Waals surface area contributed by atoms with Crippen LogP contribution in [0.25, 0.3) is 33.5 Å². The van der Waals surface area contributed by atoms with E-state index in [1.807, 2.05) is 0 Å². The molecule has 9 nitrogen and oxygen atoms in total. The zero-order valence-corrected chi connectivity index (χ0v) is 16.7. The minimum atomic E-state index is -0.692. The van der Waals surface area contributed by atoms with E-state index < -0.39 is 5.91 Å². The van der Waals surface area contributed by atoms with E-state index in [2.05, 4.69) is 25.4 Å². The van der Waals surface area contributed by atoms with Crippen LogP contribution < -0.4 is 10.5 Å². The lowest BCUT2D eigenvalue weighted by molar-refractivity contribution is 0.100. The monoisotopic (exact) mass is 429 g/mol. The van der Waals surface area contributed by atoms with Crippen LogP contribution in [0.5, 0.6) is 5.75 Å². The van der Waals surface area contributed by atoms with Crippen LogP contribution in [0.2, 0.25) is 10.0 Å². The average Bonchev–Trinajstić information content (AvgIpc) is 3.13. The van der Waals surface area contributed by atoms with Gasteiger partial charge < -0.3 is 10.5 Å². The molecule has 1 aromatic carbocycles. The Labute approximate surface area is 174 Å². The summed E-state index contributed by atoms with van der Waals surface area (Å²) in [5.41, 5.74) is 7.59. The minimum absolute atomic E-state index is 0.126. The molecule has 0 saturated heterocycles. The molecule has 2 N–H and O–H groups in total. The molecule has 0 saturated carbocycles. The van der Waals surface area contributed by atoms with E-state index in [9.17, 15) is 4.79 Å². The first-order chi connectivity index (χ1) is 13.9. The lowest BCUT2D eigenvalue weighted by Gasteiger charge is -2.14. The first-order valence-corrected chi connectivity index (χ1v) is 9.01. The number of hydrogen-bond donors (Lipinski definition) is 1. The number of primary amides is 1. The smallest absolute Gasteiger partial charge is 0.251 e. The summed E-state index contributed by atoms with van der Waals surface area (Å²) in [4.78, 5) is 22.0. The predicted molar refractivity (Wildman–Crippen MR) is 108 cm³/mol. The van der Waals surface area contributed by atoms with Gasteiger partial charge in [-0.25, -0.2) is 4.98 Å². The molecule has 0 aliphatic rings. The van der Waals surface area contributed by atoms with E-state index in [-0.39, 0.29) is 17.1 Å². The van der Waals surface area contributed by atoms with Crippen LogP contribution in [0.15, 0.2) is 30.6 Å². The molecule has 4 rings (SSSR count). The van der Waals surface area contributed by atoms with Gasteiger partial charge in [0, 0.05) is 23.3 Å². The molecule has 0 unspecified atom stereocenters. The van der Waals surface area contributed by atoms with E-state index in [4.69, 9.17) is 33.7 Å². The summed E-state index contributed by atoms with van der Waals surface area (Å²) in [6.45, 7) is 0. The normalized spacial score (nSPS) is 11.0. The topological polar surface area (TPSA) is 122 Å². The molecule has 0 bridgehead atoms. The lowest BCUT2D eigenvalue weighted by atomic mass is 9.98. The van der Waals surface area contributed by atoms with Crippen molar-refractivity contribution in [2.24, 2.45) is 12.8 Å². The first kappa shape index (κ1) is 19.0. The van der Waals surface area contributed by atoms with E-state index in [1.54, 1.807) is 25.2 Å². The van der Waals surface area contributed by atoms with Gasteiger partial charge in [0.05, 0.1) is 29.8 Å². The number of hydrogen-bond acceptors (Lipinski definition) is 7. The van der Waals surface area contributed by atoms with Crippen molar-refractivity contribution in [3.8, 4) is 28.4 Å².